The third-order valence-electron chi connectivity index (χ3n) is 8.30. The summed E-state index contributed by atoms with van der Waals surface area (Å²) in [6.07, 6.45) is 37.5. The van der Waals surface area contributed by atoms with Gasteiger partial charge in [-0.1, -0.05) is 181 Å². The first kappa shape index (κ1) is 42.9. The van der Waals surface area contributed by atoms with Crippen LogP contribution in [0.4, 0.5) is 0 Å². The van der Waals surface area contributed by atoms with E-state index in [4.69, 9.17) is 14.0 Å². The minimum absolute atomic E-state index is 0.176. The lowest BCUT2D eigenvalue weighted by Crippen LogP contribution is -2.25. The highest BCUT2D eigenvalue weighted by Gasteiger charge is 2.25. The third-order valence-corrected chi connectivity index (χ3v) is 8.93. The van der Waals surface area contributed by atoms with Gasteiger partial charge in [0.05, 0.1) is 18.4 Å². The van der Waals surface area contributed by atoms with Crippen LogP contribution in [0.25, 0.3) is 0 Å². The number of hydrogen-bond acceptors (Lipinski definition) is 6. The largest absolute Gasteiger partial charge is 0.728 e. The molecule has 43 heavy (non-hydrogen) atoms. The van der Waals surface area contributed by atoms with Crippen LogP contribution in [-0.4, -0.2) is 39.6 Å². The van der Waals surface area contributed by atoms with E-state index in [0.717, 1.165) is 19.4 Å². The second-order valence-electron chi connectivity index (χ2n) is 12.5. The van der Waals surface area contributed by atoms with Gasteiger partial charge in [0.2, 0.25) is 0 Å². The van der Waals surface area contributed by atoms with E-state index in [1.165, 1.54) is 174 Å². The smallest absolute Gasteiger partial charge is 0.379 e. The zero-order chi connectivity index (χ0) is 31.3. The first-order chi connectivity index (χ1) is 21.2. The Morgan fingerprint density at radius 3 is 1.19 bits per heavy atom. The molecule has 0 aliphatic rings. The molecule has 7 heteroatoms. The van der Waals surface area contributed by atoms with Crippen molar-refractivity contribution in [2.24, 2.45) is 0 Å². The van der Waals surface area contributed by atoms with Crippen LogP contribution in [-0.2, 0) is 28.1 Å². The molecule has 0 aromatic carbocycles. The quantitative estimate of drug-likeness (QED) is 0.0292. The molecule has 2 atom stereocenters. The summed E-state index contributed by atoms with van der Waals surface area (Å²) in [7, 11) is -0.980. The molecule has 258 valence electrons. The maximum Gasteiger partial charge on any atom is 0.728 e. The maximum atomic E-state index is 11.7. The van der Waals surface area contributed by atoms with Crippen molar-refractivity contribution >= 4 is 8.25 Å². The molecule has 0 aliphatic carbocycles. The van der Waals surface area contributed by atoms with Crippen molar-refractivity contribution in [3.8, 4) is 0 Å². The highest BCUT2D eigenvalue weighted by atomic mass is 31.1. The van der Waals surface area contributed by atoms with Crippen molar-refractivity contribution in [2.45, 2.75) is 200 Å². The normalized spacial score (nSPS) is 12.7. The molecule has 0 heterocycles. The van der Waals surface area contributed by atoms with Gasteiger partial charge in [0.25, 0.3) is 0 Å². The molecule has 0 amide bonds. The minimum Gasteiger partial charge on any atom is -0.379 e. The maximum absolute atomic E-state index is 11.7. The molecule has 0 rings (SSSR count). The molecular formula is C36H74O6P+. The molecular weight excluding hydrogens is 559 g/mol. The van der Waals surface area contributed by atoms with E-state index in [9.17, 15) is 4.57 Å². The highest BCUT2D eigenvalue weighted by Crippen LogP contribution is 2.24. The van der Waals surface area contributed by atoms with Crippen molar-refractivity contribution < 1.29 is 28.1 Å². The zero-order valence-corrected chi connectivity index (χ0v) is 30.0. The summed E-state index contributed by atoms with van der Waals surface area (Å²) in [6.45, 7) is 6.60. The van der Waals surface area contributed by atoms with Crippen LogP contribution in [0.1, 0.15) is 194 Å². The van der Waals surface area contributed by atoms with Crippen LogP contribution in [0.5, 0.6) is 0 Å². The molecule has 0 saturated heterocycles. The first-order valence-electron chi connectivity index (χ1n) is 18.7. The number of hydrogen-bond donors (Lipinski definition) is 0. The van der Waals surface area contributed by atoms with Crippen molar-refractivity contribution in [1.29, 1.82) is 0 Å². The molecule has 2 unspecified atom stereocenters. The summed E-state index contributed by atoms with van der Waals surface area (Å²) in [6, 6.07) is 0. The molecule has 0 fully saturated rings. The first-order valence-corrected chi connectivity index (χ1v) is 19.8. The lowest BCUT2D eigenvalue weighted by atomic mass is 10.0. The van der Waals surface area contributed by atoms with Crippen molar-refractivity contribution in [1.82, 2.24) is 0 Å². The summed E-state index contributed by atoms with van der Waals surface area (Å²) >= 11 is 0. The zero-order valence-electron chi connectivity index (χ0n) is 29.1. The van der Waals surface area contributed by atoms with Gasteiger partial charge in [-0.3, -0.25) is 0 Å². The summed E-state index contributed by atoms with van der Waals surface area (Å²) < 4.78 is 33.4. The number of ether oxygens (including phenoxy) is 2. The van der Waals surface area contributed by atoms with E-state index in [-0.39, 0.29) is 12.7 Å². The fourth-order valence-corrected chi connectivity index (χ4v) is 5.98. The topological polar surface area (TPSA) is 63.2 Å². The molecule has 0 radical (unpaired) electrons. The van der Waals surface area contributed by atoms with Crippen LogP contribution in [0.15, 0.2) is 0 Å². The lowest BCUT2D eigenvalue weighted by molar-refractivity contribution is -0.183. The van der Waals surface area contributed by atoms with Gasteiger partial charge in [-0.05, 0) is 12.8 Å². The Labute approximate surface area is 269 Å². The van der Waals surface area contributed by atoms with Crippen molar-refractivity contribution in [2.75, 3.05) is 33.5 Å². The molecule has 0 bridgehead atoms. The van der Waals surface area contributed by atoms with E-state index in [1.807, 2.05) is 0 Å². The number of unbranched alkanes of at least 4 members (excludes halogenated alkanes) is 26. The van der Waals surface area contributed by atoms with Crippen LogP contribution in [0, 0.1) is 0 Å². The van der Waals surface area contributed by atoms with Gasteiger partial charge in [-0.15, -0.1) is 4.52 Å². The second kappa shape index (κ2) is 38.1. The Morgan fingerprint density at radius 2 is 0.814 bits per heavy atom. The average Bonchev–Trinajstić information content (AvgIpc) is 3.01. The molecule has 0 spiro atoms. The Kier molecular flexibility index (Phi) is 38.0. The van der Waals surface area contributed by atoms with Crippen LogP contribution < -0.4 is 0 Å². The number of rotatable bonds is 38. The van der Waals surface area contributed by atoms with Crippen LogP contribution >= 0.6 is 8.25 Å². The monoisotopic (exact) mass is 634 g/mol. The standard InChI is InChI=1S/C36H74O6P/c1-4-6-8-10-12-14-16-18-20-22-24-26-28-30-32-39-34-36(35-41-43(37)42-38-3)40-33-31-29-27-25-23-21-19-17-15-13-11-9-7-5-2/h36H,4-35H2,1-3H3/q+1. The van der Waals surface area contributed by atoms with Gasteiger partial charge in [-0.25, -0.2) is 0 Å². The summed E-state index contributed by atoms with van der Waals surface area (Å²) in [5.41, 5.74) is 0. The lowest BCUT2D eigenvalue weighted by Gasteiger charge is -2.15. The van der Waals surface area contributed by atoms with E-state index >= 15 is 0 Å². The molecule has 6 nitrogen and oxygen atoms in total. The van der Waals surface area contributed by atoms with Gasteiger partial charge in [-0.2, -0.15) is 4.89 Å². The molecule has 0 aromatic heterocycles. The van der Waals surface area contributed by atoms with E-state index in [2.05, 4.69) is 23.4 Å². The Balaban J connectivity index is 3.71. The van der Waals surface area contributed by atoms with Crippen LogP contribution in [0.3, 0.4) is 0 Å². The predicted molar refractivity (Wildman–Crippen MR) is 183 cm³/mol. The van der Waals surface area contributed by atoms with Gasteiger partial charge >= 0.3 is 8.25 Å². The Hall–Kier alpha value is -0.100. The molecule has 0 aliphatic heterocycles. The van der Waals surface area contributed by atoms with E-state index in [0.29, 0.717) is 13.2 Å². The van der Waals surface area contributed by atoms with Gasteiger partial charge in [0, 0.05) is 17.8 Å². The van der Waals surface area contributed by atoms with Gasteiger partial charge in [0.1, 0.15) is 12.7 Å². The SMILES string of the molecule is CCCCCCCCCCCCCCCCOCC(CO[P+](=O)OOC)OCCCCCCCCCCCCCCCC. The molecule has 0 saturated carbocycles. The summed E-state index contributed by atoms with van der Waals surface area (Å²) in [5.74, 6) is 0. The molecule has 0 N–H and O–H groups in total. The minimum atomic E-state index is -2.30. The highest BCUT2D eigenvalue weighted by molar-refractivity contribution is 7.33. The average molecular weight is 634 g/mol. The van der Waals surface area contributed by atoms with Crippen molar-refractivity contribution in [3.05, 3.63) is 0 Å². The van der Waals surface area contributed by atoms with E-state index < -0.39 is 8.25 Å². The second-order valence-corrected chi connectivity index (χ2v) is 13.4. The fourth-order valence-electron chi connectivity index (χ4n) is 5.53. The van der Waals surface area contributed by atoms with Crippen LogP contribution in [0.2, 0.25) is 0 Å². The molecule has 0 aromatic rings. The predicted octanol–water partition coefficient (Wildman–Crippen LogP) is 12.6. The fraction of sp³-hybridized carbons (Fsp3) is 1.00. The van der Waals surface area contributed by atoms with Gasteiger partial charge in [0.15, 0.2) is 0 Å². The summed E-state index contributed by atoms with van der Waals surface area (Å²) in [5, 5.41) is 0. The van der Waals surface area contributed by atoms with E-state index in [1.54, 1.807) is 0 Å². The van der Waals surface area contributed by atoms with Crippen molar-refractivity contribution in [3.63, 3.8) is 0 Å². The summed E-state index contributed by atoms with van der Waals surface area (Å²) in [4.78, 5) is 4.44. The Bertz CT molecular complexity index is 536. The van der Waals surface area contributed by atoms with Gasteiger partial charge < -0.3 is 9.47 Å². The Morgan fingerprint density at radius 1 is 0.465 bits per heavy atom. The third kappa shape index (κ3) is 36.2.